The number of rotatable bonds is 5. The van der Waals surface area contributed by atoms with Gasteiger partial charge in [-0.3, -0.25) is 0 Å². The van der Waals surface area contributed by atoms with Crippen LogP contribution in [0.25, 0.3) is 0 Å². The second-order valence-electron chi connectivity index (χ2n) is 12.5. The Morgan fingerprint density at radius 3 is 2.59 bits per heavy atom. The lowest BCUT2D eigenvalue weighted by molar-refractivity contribution is -0.105. The van der Waals surface area contributed by atoms with E-state index < -0.39 is 5.60 Å². The minimum Gasteiger partial charge on any atom is -0.393 e. The molecule has 0 aromatic rings. The summed E-state index contributed by atoms with van der Waals surface area (Å²) in [7, 11) is 0. The Labute approximate surface area is 179 Å². The van der Waals surface area contributed by atoms with Crippen LogP contribution in [0.5, 0.6) is 0 Å². The monoisotopic (exact) mass is 402 g/mol. The second kappa shape index (κ2) is 7.66. The van der Waals surface area contributed by atoms with Gasteiger partial charge >= 0.3 is 0 Å². The molecule has 0 saturated heterocycles. The molecule has 4 rings (SSSR count). The van der Waals surface area contributed by atoms with Crippen molar-refractivity contribution in [2.24, 2.45) is 40.4 Å². The molecule has 0 bridgehead atoms. The summed E-state index contributed by atoms with van der Waals surface area (Å²) in [4.78, 5) is 0. The van der Waals surface area contributed by atoms with E-state index in [0.717, 1.165) is 49.4 Å². The zero-order valence-corrected chi connectivity index (χ0v) is 19.7. The Morgan fingerprint density at radius 2 is 1.86 bits per heavy atom. The highest BCUT2D eigenvalue weighted by atomic mass is 16.3. The Hall–Kier alpha value is -0.340. The van der Waals surface area contributed by atoms with Crippen LogP contribution in [0.2, 0.25) is 0 Å². The molecule has 29 heavy (non-hydrogen) atoms. The summed E-state index contributed by atoms with van der Waals surface area (Å²) >= 11 is 0. The van der Waals surface area contributed by atoms with Crippen LogP contribution in [0.3, 0.4) is 0 Å². The smallest absolute Gasteiger partial charge is 0.0653 e. The summed E-state index contributed by atoms with van der Waals surface area (Å²) in [5.74, 6) is 3.53. The Balaban J connectivity index is 1.53. The number of aliphatic hydroxyl groups is 2. The molecule has 4 aliphatic rings. The van der Waals surface area contributed by atoms with E-state index in [9.17, 15) is 10.2 Å². The molecular formula is C27H46O2. The molecule has 2 N–H and O–H groups in total. The van der Waals surface area contributed by atoms with Crippen LogP contribution in [0.15, 0.2) is 11.6 Å². The van der Waals surface area contributed by atoms with Crippen molar-refractivity contribution in [2.75, 3.05) is 0 Å². The highest BCUT2D eigenvalue weighted by molar-refractivity contribution is 5.25. The van der Waals surface area contributed by atoms with Gasteiger partial charge in [0.25, 0.3) is 0 Å². The summed E-state index contributed by atoms with van der Waals surface area (Å²) in [5, 5.41) is 21.8. The van der Waals surface area contributed by atoms with Crippen LogP contribution < -0.4 is 0 Å². The first-order valence-electron chi connectivity index (χ1n) is 12.7. The minimum atomic E-state index is -0.514. The van der Waals surface area contributed by atoms with Crippen LogP contribution in [-0.4, -0.2) is 21.9 Å². The SMILES string of the molecule is CC(C)CCC[C@](C)(O)[C@@H]1CC[C@@H]2[C@H]3CC=C4C[C@@H](O)CC[C@]4(C)[C@@H]3CC[C@@]21C. The van der Waals surface area contributed by atoms with Gasteiger partial charge in [0.05, 0.1) is 11.7 Å². The summed E-state index contributed by atoms with van der Waals surface area (Å²) in [5.41, 5.74) is 1.68. The molecule has 0 aliphatic heterocycles. The van der Waals surface area contributed by atoms with Gasteiger partial charge in [0, 0.05) is 0 Å². The Kier molecular flexibility index (Phi) is 5.78. The van der Waals surface area contributed by atoms with Gasteiger partial charge in [-0.15, -0.1) is 0 Å². The molecule has 3 fully saturated rings. The lowest BCUT2D eigenvalue weighted by Gasteiger charge is -2.59. The minimum absolute atomic E-state index is 0.114. The number of allylic oxidation sites excluding steroid dienone is 1. The first kappa shape index (κ1) is 21.9. The first-order chi connectivity index (χ1) is 13.6. The van der Waals surface area contributed by atoms with Gasteiger partial charge in [-0.1, -0.05) is 52.2 Å². The van der Waals surface area contributed by atoms with Gasteiger partial charge in [0.15, 0.2) is 0 Å². The standard InChI is InChI=1S/C27H46O2/c1-18(2)7-6-14-27(5,29)24-11-10-22-21-9-8-19-17-20(28)12-15-25(19,3)23(21)13-16-26(22,24)4/h8,18,20-24,28-29H,6-7,9-17H2,1-5H3/t20-,21+,22+,23+,24+,25-,26-,27-/m0/s1. The van der Waals surface area contributed by atoms with Crippen molar-refractivity contribution < 1.29 is 10.2 Å². The van der Waals surface area contributed by atoms with E-state index >= 15 is 0 Å². The Morgan fingerprint density at radius 1 is 1.10 bits per heavy atom. The lowest BCUT2D eigenvalue weighted by atomic mass is 9.46. The number of hydrogen-bond donors (Lipinski definition) is 2. The van der Waals surface area contributed by atoms with Crippen LogP contribution in [0.4, 0.5) is 0 Å². The van der Waals surface area contributed by atoms with Crippen LogP contribution >= 0.6 is 0 Å². The average Bonchev–Trinajstić information content (AvgIpc) is 3.00. The van der Waals surface area contributed by atoms with Gasteiger partial charge in [-0.2, -0.15) is 0 Å². The molecule has 0 unspecified atom stereocenters. The Bertz CT molecular complexity index is 634. The third-order valence-electron chi connectivity index (χ3n) is 10.3. The van der Waals surface area contributed by atoms with Gasteiger partial charge in [-0.25, -0.2) is 0 Å². The van der Waals surface area contributed by atoms with Gasteiger partial charge in [0.2, 0.25) is 0 Å². The normalized spacial score (nSPS) is 46.5. The molecule has 3 saturated carbocycles. The molecule has 166 valence electrons. The zero-order valence-electron chi connectivity index (χ0n) is 19.7. The van der Waals surface area contributed by atoms with Gasteiger partial charge < -0.3 is 10.2 Å². The molecule has 2 heteroatoms. The molecule has 8 atom stereocenters. The number of aliphatic hydroxyl groups excluding tert-OH is 1. The van der Waals surface area contributed by atoms with E-state index in [1.165, 1.54) is 44.9 Å². The van der Waals surface area contributed by atoms with Crippen LogP contribution in [0, 0.1) is 40.4 Å². The molecular weight excluding hydrogens is 356 g/mol. The highest BCUT2D eigenvalue weighted by Gasteiger charge is 2.61. The van der Waals surface area contributed by atoms with E-state index in [2.05, 4.69) is 40.7 Å². The predicted molar refractivity (Wildman–Crippen MR) is 121 cm³/mol. The van der Waals surface area contributed by atoms with Crippen molar-refractivity contribution >= 4 is 0 Å². The molecule has 0 aromatic heterocycles. The highest BCUT2D eigenvalue weighted by Crippen LogP contribution is 2.67. The molecule has 4 aliphatic carbocycles. The first-order valence-corrected chi connectivity index (χ1v) is 12.7. The topological polar surface area (TPSA) is 40.5 Å². The van der Waals surface area contributed by atoms with E-state index in [0.29, 0.717) is 16.7 Å². The fraction of sp³-hybridized carbons (Fsp3) is 0.926. The molecule has 0 aromatic carbocycles. The van der Waals surface area contributed by atoms with E-state index in [1.807, 2.05) is 0 Å². The molecule has 0 amide bonds. The quantitative estimate of drug-likeness (QED) is 0.515. The van der Waals surface area contributed by atoms with E-state index in [-0.39, 0.29) is 6.10 Å². The maximum Gasteiger partial charge on any atom is 0.0653 e. The van der Waals surface area contributed by atoms with Crippen molar-refractivity contribution in [1.82, 2.24) is 0 Å². The maximum absolute atomic E-state index is 11.6. The van der Waals surface area contributed by atoms with Crippen molar-refractivity contribution in [2.45, 2.75) is 117 Å². The van der Waals surface area contributed by atoms with Crippen molar-refractivity contribution in [1.29, 1.82) is 0 Å². The summed E-state index contributed by atoms with van der Waals surface area (Å²) in [6.45, 7) is 11.8. The fourth-order valence-corrected chi connectivity index (χ4v) is 8.71. The largest absolute Gasteiger partial charge is 0.393 e. The molecule has 0 spiro atoms. The van der Waals surface area contributed by atoms with Gasteiger partial charge in [0.1, 0.15) is 0 Å². The predicted octanol–water partition coefficient (Wildman–Crippen LogP) is 6.50. The van der Waals surface area contributed by atoms with Crippen LogP contribution in [-0.2, 0) is 0 Å². The zero-order chi connectivity index (χ0) is 21.0. The lowest BCUT2D eigenvalue weighted by Crippen LogP contribution is -2.53. The third-order valence-corrected chi connectivity index (χ3v) is 10.3. The fourth-order valence-electron chi connectivity index (χ4n) is 8.71. The summed E-state index contributed by atoms with van der Waals surface area (Å²) < 4.78 is 0. The van der Waals surface area contributed by atoms with Crippen molar-refractivity contribution in [3.63, 3.8) is 0 Å². The molecule has 0 radical (unpaired) electrons. The van der Waals surface area contributed by atoms with Crippen molar-refractivity contribution in [3.8, 4) is 0 Å². The molecule has 2 nitrogen and oxygen atoms in total. The second-order valence-corrected chi connectivity index (χ2v) is 12.5. The third kappa shape index (κ3) is 3.65. The maximum atomic E-state index is 11.6. The van der Waals surface area contributed by atoms with Crippen molar-refractivity contribution in [3.05, 3.63) is 11.6 Å². The average molecular weight is 403 g/mol. The van der Waals surface area contributed by atoms with E-state index in [1.54, 1.807) is 5.57 Å². The number of fused-ring (bicyclic) bond motifs is 5. The molecule has 0 heterocycles. The number of hydrogen-bond acceptors (Lipinski definition) is 2. The van der Waals surface area contributed by atoms with Crippen LogP contribution in [0.1, 0.15) is 105 Å². The van der Waals surface area contributed by atoms with Gasteiger partial charge in [-0.05, 0) is 105 Å². The van der Waals surface area contributed by atoms with E-state index in [4.69, 9.17) is 0 Å². The summed E-state index contributed by atoms with van der Waals surface area (Å²) in [6, 6.07) is 0. The summed E-state index contributed by atoms with van der Waals surface area (Å²) in [6.07, 6.45) is 15.2.